The van der Waals surface area contributed by atoms with Crippen LogP contribution in [0.4, 0.5) is 6.01 Å². The van der Waals surface area contributed by atoms with Crippen molar-refractivity contribution >= 4 is 40.4 Å². The first kappa shape index (κ1) is 15.9. The number of amides is 1. The SMILES string of the molecule is O=C(/C=C/c1cccs1)NC[C@H]1CCCN1c1nc2ccccc2o1. The van der Waals surface area contributed by atoms with Crippen molar-refractivity contribution in [2.24, 2.45) is 0 Å². The van der Waals surface area contributed by atoms with Crippen LogP contribution in [0.5, 0.6) is 0 Å². The molecule has 0 aliphatic carbocycles. The van der Waals surface area contributed by atoms with Gasteiger partial charge in [-0.1, -0.05) is 18.2 Å². The van der Waals surface area contributed by atoms with Crippen LogP contribution in [0.25, 0.3) is 17.2 Å². The number of rotatable bonds is 5. The molecule has 1 amide bonds. The second-order valence-corrected chi connectivity index (χ2v) is 7.03. The van der Waals surface area contributed by atoms with Gasteiger partial charge in [-0.05, 0) is 42.5 Å². The quantitative estimate of drug-likeness (QED) is 0.711. The van der Waals surface area contributed by atoms with Gasteiger partial charge in [-0.3, -0.25) is 4.79 Å². The maximum atomic E-state index is 12.0. The highest BCUT2D eigenvalue weighted by Gasteiger charge is 2.28. The number of anilines is 1. The number of nitrogens with zero attached hydrogens (tertiary/aromatic N) is 2. The molecule has 5 nitrogen and oxygen atoms in total. The van der Waals surface area contributed by atoms with Crippen LogP contribution in [0.1, 0.15) is 17.7 Å². The zero-order valence-electron chi connectivity index (χ0n) is 13.7. The number of benzene rings is 1. The van der Waals surface area contributed by atoms with E-state index in [4.69, 9.17) is 4.42 Å². The van der Waals surface area contributed by atoms with E-state index in [9.17, 15) is 4.79 Å². The molecule has 4 rings (SSSR count). The summed E-state index contributed by atoms with van der Waals surface area (Å²) in [7, 11) is 0. The van der Waals surface area contributed by atoms with Gasteiger partial charge in [0, 0.05) is 24.0 Å². The Morgan fingerprint density at radius 3 is 3.12 bits per heavy atom. The van der Waals surface area contributed by atoms with E-state index < -0.39 is 0 Å². The molecule has 1 atom stereocenters. The zero-order valence-corrected chi connectivity index (χ0v) is 14.5. The van der Waals surface area contributed by atoms with Crippen molar-refractivity contribution in [3.63, 3.8) is 0 Å². The Balaban J connectivity index is 1.39. The summed E-state index contributed by atoms with van der Waals surface area (Å²) in [5.74, 6) is -0.0715. The van der Waals surface area contributed by atoms with Crippen molar-refractivity contribution in [1.82, 2.24) is 10.3 Å². The van der Waals surface area contributed by atoms with E-state index in [1.165, 1.54) is 0 Å². The lowest BCUT2D eigenvalue weighted by Gasteiger charge is -2.22. The summed E-state index contributed by atoms with van der Waals surface area (Å²) in [6.07, 6.45) is 5.52. The van der Waals surface area contributed by atoms with Gasteiger partial charge in [0.2, 0.25) is 5.91 Å². The molecule has 0 saturated carbocycles. The van der Waals surface area contributed by atoms with Gasteiger partial charge < -0.3 is 14.6 Å². The average Bonchev–Trinajstić information content (AvgIpc) is 3.37. The third kappa shape index (κ3) is 3.58. The first-order valence-electron chi connectivity index (χ1n) is 8.41. The van der Waals surface area contributed by atoms with Gasteiger partial charge in [-0.15, -0.1) is 11.3 Å². The molecule has 25 heavy (non-hydrogen) atoms. The zero-order chi connectivity index (χ0) is 17.1. The van der Waals surface area contributed by atoms with Gasteiger partial charge in [-0.2, -0.15) is 4.98 Å². The number of para-hydroxylation sites is 2. The number of carbonyl (C=O) groups excluding carboxylic acids is 1. The Morgan fingerprint density at radius 1 is 1.36 bits per heavy atom. The number of hydrogen-bond donors (Lipinski definition) is 1. The molecule has 1 aliphatic heterocycles. The van der Waals surface area contributed by atoms with Crippen LogP contribution in [-0.2, 0) is 4.79 Å². The number of carbonyl (C=O) groups is 1. The van der Waals surface area contributed by atoms with Crippen LogP contribution in [0.3, 0.4) is 0 Å². The van der Waals surface area contributed by atoms with E-state index in [1.54, 1.807) is 17.4 Å². The number of oxazole rings is 1. The van der Waals surface area contributed by atoms with E-state index in [2.05, 4.69) is 15.2 Å². The lowest BCUT2D eigenvalue weighted by Crippen LogP contribution is -2.39. The fourth-order valence-corrected chi connectivity index (χ4v) is 3.72. The number of aromatic nitrogens is 1. The summed E-state index contributed by atoms with van der Waals surface area (Å²) in [5, 5.41) is 4.98. The Labute approximate surface area is 150 Å². The Bertz CT molecular complexity index is 852. The van der Waals surface area contributed by atoms with Gasteiger partial charge in [0.25, 0.3) is 6.01 Å². The van der Waals surface area contributed by atoms with Crippen LogP contribution in [0.2, 0.25) is 0 Å². The van der Waals surface area contributed by atoms with Crippen molar-refractivity contribution < 1.29 is 9.21 Å². The van der Waals surface area contributed by atoms with Crippen LogP contribution in [0.15, 0.2) is 52.3 Å². The van der Waals surface area contributed by atoms with E-state index >= 15 is 0 Å². The van der Waals surface area contributed by atoms with Gasteiger partial charge in [0.05, 0.1) is 6.04 Å². The fraction of sp³-hybridized carbons (Fsp3) is 0.263. The third-order valence-electron chi connectivity index (χ3n) is 4.36. The normalized spacial score (nSPS) is 17.6. The molecule has 0 unspecified atom stereocenters. The lowest BCUT2D eigenvalue weighted by molar-refractivity contribution is -0.116. The Hall–Kier alpha value is -2.60. The van der Waals surface area contributed by atoms with Gasteiger partial charge >= 0.3 is 0 Å². The standard InChI is InChI=1S/C19H19N3O2S/c23-18(10-9-15-6-4-12-25-15)20-13-14-5-3-11-22(14)19-21-16-7-1-2-8-17(16)24-19/h1-2,4,6-10,12,14H,3,5,11,13H2,(H,20,23)/b10-9+/t14-/m1/s1. The lowest BCUT2D eigenvalue weighted by atomic mass is 10.2. The molecule has 3 aromatic rings. The molecule has 1 N–H and O–H groups in total. The van der Waals surface area contributed by atoms with Gasteiger partial charge in [0.1, 0.15) is 5.52 Å². The topological polar surface area (TPSA) is 58.4 Å². The van der Waals surface area contributed by atoms with Crippen LogP contribution >= 0.6 is 11.3 Å². The molecule has 1 aliphatic rings. The number of fused-ring (bicyclic) bond motifs is 1. The summed E-state index contributed by atoms with van der Waals surface area (Å²) < 4.78 is 5.87. The average molecular weight is 353 g/mol. The highest BCUT2D eigenvalue weighted by molar-refractivity contribution is 7.10. The summed E-state index contributed by atoms with van der Waals surface area (Å²) in [6, 6.07) is 12.6. The Kier molecular flexibility index (Phi) is 4.52. The summed E-state index contributed by atoms with van der Waals surface area (Å²) in [6.45, 7) is 1.49. The maximum Gasteiger partial charge on any atom is 0.298 e. The smallest absolute Gasteiger partial charge is 0.298 e. The summed E-state index contributed by atoms with van der Waals surface area (Å²) in [4.78, 5) is 19.8. The van der Waals surface area contributed by atoms with E-state index in [1.807, 2.05) is 47.9 Å². The number of nitrogens with one attached hydrogen (secondary N) is 1. The van der Waals surface area contributed by atoms with Gasteiger partial charge in [0.15, 0.2) is 5.58 Å². The highest BCUT2D eigenvalue weighted by Crippen LogP contribution is 2.27. The molecule has 0 bridgehead atoms. The molecular weight excluding hydrogens is 334 g/mol. The molecule has 1 saturated heterocycles. The molecule has 6 heteroatoms. The minimum atomic E-state index is -0.0715. The number of thiophene rings is 1. The first-order chi connectivity index (χ1) is 12.3. The van der Waals surface area contributed by atoms with Gasteiger partial charge in [-0.25, -0.2) is 0 Å². The van der Waals surface area contributed by atoms with Crippen LogP contribution in [0, 0.1) is 0 Å². The fourth-order valence-electron chi connectivity index (χ4n) is 3.10. The summed E-state index contributed by atoms with van der Waals surface area (Å²) in [5.41, 5.74) is 1.66. The molecule has 3 heterocycles. The molecule has 128 valence electrons. The molecular formula is C19H19N3O2S. The minimum absolute atomic E-state index is 0.0715. The predicted molar refractivity (Wildman–Crippen MR) is 101 cm³/mol. The second kappa shape index (κ2) is 7.11. The highest BCUT2D eigenvalue weighted by atomic mass is 32.1. The number of hydrogen-bond acceptors (Lipinski definition) is 5. The van der Waals surface area contributed by atoms with Crippen LogP contribution < -0.4 is 10.2 Å². The molecule has 0 spiro atoms. The van der Waals surface area contributed by atoms with Crippen LogP contribution in [-0.4, -0.2) is 30.0 Å². The maximum absolute atomic E-state index is 12.0. The van der Waals surface area contributed by atoms with Crippen molar-refractivity contribution in [3.05, 3.63) is 52.7 Å². The minimum Gasteiger partial charge on any atom is -0.423 e. The Morgan fingerprint density at radius 2 is 2.28 bits per heavy atom. The molecule has 0 radical (unpaired) electrons. The third-order valence-corrected chi connectivity index (χ3v) is 5.20. The predicted octanol–water partition coefficient (Wildman–Crippen LogP) is 3.69. The largest absolute Gasteiger partial charge is 0.423 e. The van der Waals surface area contributed by atoms with Crippen molar-refractivity contribution in [2.45, 2.75) is 18.9 Å². The molecule has 1 fully saturated rings. The second-order valence-electron chi connectivity index (χ2n) is 6.05. The first-order valence-corrected chi connectivity index (χ1v) is 9.29. The van der Waals surface area contributed by atoms with E-state index in [-0.39, 0.29) is 11.9 Å². The molecule has 1 aromatic carbocycles. The van der Waals surface area contributed by atoms with Crippen molar-refractivity contribution in [1.29, 1.82) is 0 Å². The van der Waals surface area contributed by atoms with E-state index in [0.717, 1.165) is 35.4 Å². The van der Waals surface area contributed by atoms with Crippen molar-refractivity contribution in [3.8, 4) is 0 Å². The molecule has 2 aromatic heterocycles. The summed E-state index contributed by atoms with van der Waals surface area (Å²) >= 11 is 1.61. The van der Waals surface area contributed by atoms with E-state index in [0.29, 0.717) is 12.6 Å². The van der Waals surface area contributed by atoms with Crippen molar-refractivity contribution in [2.75, 3.05) is 18.0 Å². The monoisotopic (exact) mass is 353 g/mol.